The number of benzene rings is 2. The maximum atomic E-state index is 13.2. The number of fused-ring (bicyclic) bond motifs is 2. The fourth-order valence-corrected chi connectivity index (χ4v) is 2.48. The monoisotopic (exact) mass is 329 g/mol. The second-order valence-corrected chi connectivity index (χ2v) is 4.91. The molecule has 0 saturated carbocycles. The van der Waals surface area contributed by atoms with Gasteiger partial charge >= 0.3 is 12.1 Å². The maximum Gasteiger partial charge on any atom is 0.419 e. The van der Waals surface area contributed by atoms with Gasteiger partial charge in [-0.25, -0.2) is 4.79 Å². The molecule has 0 radical (unpaired) electrons. The Balaban J connectivity index is 2.22. The van der Waals surface area contributed by atoms with E-state index in [-0.39, 0.29) is 22.7 Å². The van der Waals surface area contributed by atoms with E-state index in [1.165, 1.54) is 24.3 Å². The molecule has 4 nitrogen and oxygen atoms in total. The smallest absolute Gasteiger partial charge is 0.419 e. The summed E-state index contributed by atoms with van der Waals surface area (Å²) in [7, 11) is 0. The number of rotatable bonds is 1. The number of halogens is 4. The summed E-state index contributed by atoms with van der Waals surface area (Å²) in [5.41, 5.74) is -1.75. The Morgan fingerprint density at radius 3 is 2.45 bits per heavy atom. The third-order valence-corrected chi connectivity index (χ3v) is 3.44. The molecule has 0 unspecified atom stereocenters. The van der Waals surface area contributed by atoms with Gasteiger partial charge in [0.2, 0.25) is 0 Å². The zero-order valence-electron chi connectivity index (χ0n) is 10.7. The van der Waals surface area contributed by atoms with Crippen LogP contribution in [0.4, 0.5) is 24.5 Å². The van der Waals surface area contributed by atoms with E-state index in [0.717, 1.165) is 6.07 Å². The summed E-state index contributed by atoms with van der Waals surface area (Å²) in [5.74, 6) is -1.23. The molecule has 1 heterocycles. The third-order valence-electron chi connectivity index (χ3n) is 3.13. The molecular formula is C14H7ClF3NO3. The van der Waals surface area contributed by atoms with Crippen LogP contribution in [0, 0.1) is 0 Å². The summed E-state index contributed by atoms with van der Waals surface area (Å²) in [5, 5.41) is 11.1. The standard InChI is InChI=1S/C14H7ClF3NO3/c15-7-4-5-9-12(10(7)14(16,17)18)19-11-6(13(20)21)2-1-3-8(11)22-9/h1-5,19H,(H,20,21). The Morgan fingerprint density at radius 2 is 1.82 bits per heavy atom. The lowest BCUT2D eigenvalue weighted by Gasteiger charge is -2.26. The van der Waals surface area contributed by atoms with Crippen molar-refractivity contribution in [2.45, 2.75) is 6.18 Å². The summed E-state index contributed by atoms with van der Waals surface area (Å²) in [6.45, 7) is 0. The number of hydrogen-bond acceptors (Lipinski definition) is 3. The number of carboxylic acid groups (broad SMARTS) is 1. The van der Waals surface area contributed by atoms with Crippen LogP contribution in [0.2, 0.25) is 5.02 Å². The van der Waals surface area contributed by atoms with Crippen molar-refractivity contribution in [1.82, 2.24) is 0 Å². The molecule has 114 valence electrons. The molecule has 0 amide bonds. The first-order valence-corrected chi connectivity index (χ1v) is 6.37. The summed E-state index contributed by atoms with van der Waals surface area (Å²) >= 11 is 5.64. The van der Waals surface area contributed by atoms with Gasteiger partial charge in [0, 0.05) is 0 Å². The molecule has 2 N–H and O–H groups in total. The van der Waals surface area contributed by atoms with Crippen molar-refractivity contribution < 1.29 is 27.8 Å². The molecule has 1 aliphatic rings. The van der Waals surface area contributed by atoms with E-state index in [0.29, 0.717) is 0 Å². The predicted octanol–water partition coefficient (Wildman–Crippen LogP) is 4.91. The Bertz CT molecular complexity index is 790. The zero-order valence-corrected chi connectivity index (χ0v) is 11.4. The number of para-hydroxylation sites is 1. The summed E-state index contributed by atoms with van der Waals surface area (Å²) in [6.07, 6.45) is -4.71. The number of carbonyl (C=O) groups is 1. The molecule has 8 heteroatoms. The SMILES string of the molecule is O=C(O)c1cccc2c1Nc1c(ccc(Cl)c1C(F)(F)F)O2. The van der Waals surface area contributed by atoms with Crippen molar-refractivity contribution in [3.63, 3.8) is 0 Å². The highest BCUT2D eigenvalue weighted by Crippen LogP contribution is 2.50. The van der Waals surface area contributed by atoms with Crippen molar-refractivity contribution in [3.05, 3.63) is 46.5 Å². The van der Waals surface area contributed by atoms with E-state index in [2.05, 4.69) is 5.32 Å². The van der Waals surface area contributed by atoms with Crippen LogP contribution in [0.15, 0.2) is 30.3 Å². The number of carboxylic acids is 1. The Labute approximate surface area is 127 Å². The van der Waals surface area contributed by atoms with Crippen LogP contribution < -0.4 is 10.1 Å². The van der Waals surface area contributed by atoms with Crippen molar-refractivity contribution in [2.24, 2.45) is 0 Å². The number of hydrogen-bond donors (Lipinski definition) is 2. The number of anilines is 2. The molecule has 0 atom stereocenters. The van der Waals surface area contributed by atoms with Gasteiger partial charge in [0.25, 0.3) is 0 Å². The molecule has 0 bridgehead atoms. The summed E-state index contributed by atoms with van der Waals surface area (Å²) in [4.78, 5) is 11.2. The van der Waals surface area contributed by atoms with Crippen LogP contribution in [0.5, 0.6) is 11.5 Å². The van der Waals surface area contributed by atoms with Crippen LogP contribution in [-0.2, 0) is 6.18 Å². The number of nitrogens with one attached hydrogen (secondary N) is 1. The lowest BCUT2D eigenvalue weighted by atomic mass is 10.1. The van der Waals surface area contributed by atoms with Crippen molar-refractivity contribution in [1.29, 1.82) is 0 Å². The van der Waals surface area contributed by atoms with E-state index >= 15 is 0 Å². The van der Waals surface area contributed by atoms with Gasteiger partial charge in [-0.2, -0.15) is 13.2 Å². The lowest BCUT2D eigenvalue weighted by Crippen LogP contribution is -2.15. The van der Waals surface area contributed by atoms with Crippen molar-refractivity contribution in [2.75, 3.05) is 5.32 Å². The van der Waals surface area contributed by atoms with E-state index in [1.54, 1.807) is 0 Å². The highest BCUT2D eigenvalue weighted by molar-refractivity contribution is 6.32. The third kappa shape index (κ3) is 2.23. The minimum absolute atomic E-state index is 0.0460. The van der Waals surface area contributed by atoms with Crippen molar-refractivity contribution >= 4 is 28.9 Å². The Hall–Kier alpha value is -2.41. The van der Waals surface area contributed by atoms with Gasteiger partial charge in [-0.1, -0.05) is 17.7 Å². The fraction of sp³-hybridized carbons (Fsp3) is 0.0714. The lowest BCUT2D eigenvalue weighted by molar-refractivity contribution is -0.136. The largest absolute Gasteiger partial charge is 0.478 e. The molecule has 0 aliphatic carbocycles. The molecule has 2 aromatic carbocycles. The van der Waals surface area contributed by atoms with Crippen LogP contribution in [0.25, 0.3) is 0 Å². The molecule has 2 aromatic rings. The summed E-state index contributed by atoms with van der Waals surface area (Å²) in [6, 6.07) is 6.53. The van der Waals surface area contributed by atoms with Gasteiger partial charge in [0.05, 0.1) is 22.0 Å². The molecule has 0 aromatic heterocycles. The van der Waals surface area contributed by atoms with Crippen LogP contribution in [-0.4, -0.2) is 11.1 Å². The van der Waals surface area contributed by atoms with Crippen LogP contribution in [0.3, 0.4) is 0 Å². The zero-order chi connectivity index (χ0) is 16.1. The van der Waals surface area contributed by atoms with Crippen LogP contribution in [0.1, 0.15) is 15.9 Å². The van der Waals surface area contributed by atoms with Gasteiger partial charge in [0.15, 0.2) is 11.5 Å². The number of aromatic carboxylic acids is 1. The first-order valence-electron chi connectivity index (χ1n) is 6.00. The molecule has 0 spiro atoms. The number of ether oxygens (including phenoxy) is 1. The highest BCUT2D eigenvalue weighted by Gasteiger charge is 2.39. The topological polar surface area (TPSA) is 58.6 Å². The first-order chi connectivity index (χ1) is 10.3. The average Bonchev–Trinajstić information content (AvgIpc) is 2.42. The average molecular weight is 330 g/mol. The molecule has 0 saturated heterocycles. The maximum absolute atomic E-state index is 13.2. The molecule has 22 heavy (non-hydrogen) atoms. The highest BCUT2D eigenvalue weighted by atomic mass is 35.5. The van der Waals surface area contributed by atoms with Crippen LogP contribution >= 0.6 is 11.6 Å². The Morgan fingerprint density at radius 1 is 1.14 bits per heavy atom. The summed E-state index contributed by atoms with van der Waals surface area (Å²) < 4.78 is 44.9. The molecule has 0 fully saturated rings. The minimum atomic E-state index is -4.71. The molecular weight excluding hydrogens is 323 g/mol. The van der Waals surface area contributed by atoms with E-state index in [9.17, 15) is 18.0 Å². The van der Waals surface area contributed by atoms with Gasteiger partial charge < -0.3 is 15.2 Å². The van der Waals surface area contributed by atoms with Gasteiger partial charge in [-0.05, 0) is 24.3 Å². The normalized spacial score (nSPS) is 12.7. The minimum Gasteiger partial charge on any atom is -0.478 e. The van der Waals surface area contributed by atoms with Gasteiger partial charge in [0.1, 0.15) is 5.56 Å². The number of alkyl halides is 3. The quantitative estimate of drug-likeness (QED) is 0.666. The van der Waals surface area contributed by atoms with Gasteiger partial charge in [-0.15, -0.1) is 0 Å². The van der Waals surface area contributed by atoms with E-state index < -0.39 is 28.4 Å². The molecule has 3 rings (SSSR count). The fourth-order valence-electron chi connectivity index (χ4n) is 2.21. The predicted molar refractivity (Wildman–Crippen MR) is 73.2 cm³/mol. The Kier molecular flexibility index (Phi) is 3.17. The first kappa shape index (κ1) is 14.5. The van der Waals surface area contributed by atoms with E-state index in [1.807, 2.05) is 0 Å². The van der Waals surface area contributed by atoms with E-state index in [4.69, 9.17) is 21.4 Å². The molecule has 1 aliphatic heterocycles. The van der Waals surface area contributed by atoms with Crippen molar-refractivity contribution in [3.8, 4) is 11.5 Å². The second kappa shape index (κ2) is 4.81. The van der Waals surface area contributed by atoms with Gasteiger partial charge in [-0.3, -0.25) is 0 Å². The second-order valence-electron chi connectivity index (χ2n) is 4.50.